The smallest absolute Gasteiger partial charge is 0.220 e. The van der Waals surface area contributed by atoms with E-state index in [1.54, 1.807) is 0 Å². The molecule has 0 spiro atoms. The first-order valence-corrected chi connectivity index (χ1v) is 7.72. The van der Waals surface area contributed by atoms with E-state index in [1.165, 1.54) is 29.2 Å². The fraction of sp³-hybridized carbons (Fsp3) is 0.389. The molecule has 4 heteroatoms. The third kappa shape index (κ3) is 4.46. The van der Waals surface area contributed by atoms with E-state index < -0.39 is 0 Å². The number of hydrogen-bond acceptors (Lipinski definition) is 2. The van der Waals surface area contributed by atoms with Crippen LogP contribution in [-0.4, -0.2) is 18.5 Å². The van der Waals surface area contributed by atoms with Crippen LogP contribution in [0.5, 0.6) is 0 Å². The Labute approximate surface area is 137 Å². The number of rotatable bonds is 6. The molecule has 0 radical (unpaired) electrons. The highest BCUT2D eigenvalue weighted by Crippen LogP contribution is 2.31. The lowest BCUT2D eigenvalue weighted by molar-refractivity contribution is -0.121. The van der Waals surface area contributed by atoms with E-state index in [0.717, 1.165) is 6.42 Å². The number of aryl methyl sites for hydroxylation is 1. The summed E-state index contributed by atoms with van der Waals surface area (Å²) in [6.07, 6.45) is 3.73. The van der Waals surface area contributed by atoms with Gasteiger partial charge in [0, 0.05) is 19.0 Å². The number of hydrogen-bond donors (Lipinski definition) is 2. The molecule has 22 heavy (non-hydrogen) atoms. The quantitative estimate of drug-likeness (QED) is 0.860. The highest BCUT2D eigenvalue weighted by atomic mass is 35.5. The summed E-state index contributed by atoms with van der Waals surface area (Å²) in [5.74, 6) is 0.727. The minimum Gasteiger partial charge on any atom is -0.355 e. The number of halogens is 1. The first-order chi connectivity index (χ1) is 10.2. The maximum absolute atomic E-state index is 11.9. The van der Waals surface area contributed by atoms with Crippen molar-refractivity contribution < 1.29 is 4.79 Å². The molecule has 3 nitrogen and oxygen atoms in total. The summed E-state index contributed by atoms with van der Waals surface area (Å²) < 4.78 is 0. The lowest BCUT2D eigenvalue weighted by Crippen LogP contribution is -2.38. The third-order valence-electron chi connectivity index (χ3n) is 4.22. The van der Waals surface area contributed by atoms with Crippen LogP contribution in [0.1, 0.15) is 24.8 Å². The van der Waals surface area contributed by atoms with E-state index in [2.05, 4.69) is 35.6 Å². The SMILES string of the molecule is Cl.NC(CNC(=O)CCc1ccc2ccccc2c1)C1CC1. The van der Waals surface area contributed by atoms with Crippen LogP contribution in [0.15, 0.2) is 42.5 Å². The van der Waals surface area contributed by atoms with Crippen molar-refractivity contribution in [2.45, 2.75) is 31.7 Å². The van der Waals surface area contributed by atoms with Crippen molar-refractivity contribution in [3.05, 3.63) is 48.0 Å². The fourth-order valence-corrected chi connectivity index (χ4v) is 2.66. The highest BCUT2D eigenvalue weighted by Gasteiger charge is 2.28. The number of nitrogens with two attached hydrogens (primary N) is 1. The van der Waals surface area contributed by atoms with Crippen molar-refractivity contribution >= 4 is 29.1 Å². The number of fused-ring (bicyclic) bond motifs is 1. The molecule has 3 N–H and O–H groups in total. The number of nitrogens with one attached hydrogen (secondary N) is 1. The molecule has 1 fully saturated rings. The van der Waals surface area contributed by atoms with E-state index >= 15 is 0 Å². The monoisotopic (exact) mass is 318 g/mol. The van der Waals surface area contributed by atoms with Crippen LogP contribution >= 0.6 is 12.4 Å². The predicted molar refractivity (Wildman–Crippen MR) is 93.2 cm³/mol. The number of carbonyl (C=O) groups is 1. The van der Waals surface area contributed by atoms with Gasteiger partial charge in [-0.15, -0.1) is 12.4 Å². The van der Waals surface area contributed by atoms with Crippen molar-refractivity contribution in [1.82, 2.24) is 5.32 Å². The Morgan fingerprint density at radius 2 is 1.91 bits per heavy atom. The van der Waals surface area contributed by atoms with Crippen molar-refractivity contribution in [3.8, 4) is 0 Å². The molecule has 1 amide bonds. The lowest BCUT2D eigenvalue weighted by Gasteiger charge is -2.11. The van der Waals surface area contributed by atoms with Crippen LogP contribution < -0.4 is 11.1 Å². The molecule has 1 aliphatic carbocycles. The molecule has 0 aliphatic heterocycles. The van der Waals surface area contributed by atoms with E-state index in [4.69, 9.17) is 5.73 Å². The average Bonchev–Trinajstić information content (AvgIpc) is 3.35. The van der Waals surface area contributed by atoms with Crippen molar-refractivity contribution in [1.29, 1.82) is 0 Å². The molecule has 1 saturated carbocycles. The third-order valence-corrected chi connectivity index (χ3v) is 4.22. The van der Waals surface area contributed by atoms with Gasteiger partial charge in [-0.1, -0.05) is 42.5 Å². The highest BCUT2D eigenvalue weighted by molar-refractivity contribution is 5.85. The Hall–Kier alpha value is -1.58. The van der Waals surface area contributed by atoms with Gasteiger partial charge in [-0.3, -0.25) is 4.79 Å². The topological polar surface area (TPSA) is 55.1 Å². The van der Waals surface area contributed by atoms with Gasteiger partial charge in [0.2, 0.25) is 5.91 Å². The van der Waals surface area contributed by atoms with Crippen molar-refractivity contribution in [3.63, 3.8) is 0 Å². The van der Waals surface area contributed by atoms with Gasteiger partial charge in [0.1, 0.15) is 0 Å². The Kier molecular flexibility index (Phi) is 5.81. The molecule has 1 aliphatic rings. The Balaban J connectivity index is 0.00000176. The van der Waals surface area contributed by atoms with E-state index in [9.17, 15) is 4.79 Å². The summed E-state index contributed by atoms with van der Waals surface area (Å²) >= 11 is 0. The summed E-state index contributed by atoms with van der Waals surface area (Å²) in [6, 6.07) is 14.8. The first kappa shape index (κ1) is 16.8. The predicted octanol–water partition coefficient (Wildman–Crippen LogP) is 3.05. The van der Waals surface area contributed by atoms with Crippen LogP contribution in [0.2, 0.25) is 0 Å². The van der Waals surface area contributed by atoms with E-state index in [0.29, 0.717) is 18.9 Å². The van der Waals surface area contributed by atoms with Gasteiger partial charge in [-0.2, -0.15) is 0 Å². The Morgan fingerprint density at radius 1 is 1.18 bits per heavy atom. The van der Waals surface area contributed by atoms with Crippen molar-refractivity contribution in [2.24, 2.45) is 11.7 Å². The minimum absolute atomic E-state index is 0. The second-order valence-corrected chi connectivity index (χ2v) is 5.99. The Morgan fingerprint density at radius 3 is 2.64 bits per heavy atom. The first-order valence-electron chi connectivity index (χ1n) is 7.72. The summed E-state index contributed by atoms with van der Waals surface area (Å²) in [5.41, 5.74) is 7.19. The molecule has 0 bridgehead atoms. The maximum Gasteiger partial charge on any atom is 0.220 e. The van der Waals surface area contributed by atoms with Gasteiger partial charge in [0.05, 0.1) is 0 Å². The largest absolute Gasteiger partial charge is 0.355 e. The van der Waals surface area contributed by atoms with Gasteiger partial charge in [-0.25, -0.2) is 0 Å². The second kappa shape index (κ2) is 7.61. The number of amides is 1. The number of carbonyl (C=O) groups excluding carboxylic acids is 1. The van der Waals surface area contributed by atoms with Gasteiger partial charge in [0.25, 0.3) is 0 Å². The van der Waals surface area contributed by atoms with Crippen LogP contribution in [0, 0.1) is 5.92 Å². The zero-order chi connectivity index (χ0) is 14.7. The zero-order valence-electron chi connectivity index (χ0n) is 12.6. The molecule has 118 valence electrons. The molecule has 2 aromatic carbocycles. The van der Waals surface area contributed by atoms with Gasteiger partial charge in [-0.05, 0) is 41.5 Å². The van der Waals surface area contributed by atoms with Gasteiger partial charge in [0.15, 0.2) is 0 Å². The van der Waals surface area contributed by atoms with Crippen LogP contribution in [0.4, 0.5) is 0 Å². The summed E-state index contributed by atoms with van der Waals surface area (Å²) in [5, 5.41) is 5.41. The Bertz CT molecular complexity index is 640. The molecule has 3 rings (SSSR count). The lowest BCUT2D eigenvalue weighted by atomic mass is 10.0. The average molecular weight is 319 g/mol. The van der Waals surface area contributed by atoms with E-state index in [-0.39, 0.29) is 24.4 Å². The summed E-state index contributed by atoms with van der Waals surface area (Å²) in [6.45, 7) is 0.612. The zero-order valence-corrected chi connectivity index (χ0v) is 13.4. The van der Waals surface area contributed by atoms with Crippen LogP contribution in [0.3, 0.4) is 0 Å². The number of benzene rings is 2. The second-order valence-electron chi connectivity index (χ2n) is 5.99. The minimum atomic E-state index is 0. The summed E-state index contributed by atoms with van der Waals surface area (Å²) in [7, 11) is 0. The van der Waals surface area contributed by atoms with E-state index in [1.807, 2.05) is 12.1 Å². The molecule has 0 saturated heterocycles. The fourth-order valence-electron chi connectivity index (χ4n) is 2.66. The van der Waals surface area contributed by atoms with Gasteiger partial charge < -0.3 is 11.1 Å². The van der Waals surface area contributed by atoms with Crippen molar-refractivity contribution in [2.75, 3.05) is 6.54 Å². The molecule has 1 atom stereocenters. The molecular formula is C18H23ClN2O. The van der Waals surface area contributed by atoms with Gasteiger partial charge >= 0.3 is 0 Å². The standard InChI is InChI=1S/C18H22N2O.ClH/c19-17(15-8-9-15)12-20-18(21)10-6-13-5-7-14-3-1-2-4-16(14)11-13;/h1-5,7,11,15,17H,6,8-10,12,19H2,(H,20,21);1H. The molecule has 0 heterocycles. The van der Waals surface area contributed by atoms with Crippen LogP contribution in [0.25, 0.3) is 10.8 Å². The molecular weight excluding hydrogens is 296 g/mol. The summed E-state index contributed by atoms with van der Waals surface area (Å²) in [4.78, 5) is 11.9. The normalized spacial score (nSPS) is 15.1. The maximum atomic E-state index is 11.9. The molecule has 1 unspecified atom stereocenters. The molecule has 0 aromatic heterocycles. The van der Waals surface area contributed by atoms with Crippen LogP contribution in [-0.2, 0) is 11.2 Å². The molecule has 2 aromatic rings.